The van der Waals surface area contributed by atoms with Crippen molar-refractivity contribution < 1.29 is 19.0 Å². The zero-order valence-electron chi connectivity index (χ0n) is 15.3. The van der Waals surface area contributed by atoms with Gasteiger partial charge in [-0.3, -0.25) is 10.1 Å². The first-order valence-corrected chi connectivity index (χ1v) is 9.26. The molecule has 0 spiro atoms. The molecule has 0 aliphatic carbocycles. The number of hydrogen-bond acceptors (Lipinski definition) is 6. The molecule has 1 amide bonds. The Balaban J connectivity index is 1.86. The lowest BCUT2D eigenvalue weighted by atomic mass is 10.1. The van der Waals surface area contributed by atoms with E-state index in [1.54, 1.807) is 18.2 Å². The summed E-state index contributed by atoms with van der Waals surface area (Å²) in [5.41, 5.74) is 1.95. The second kappa shape index (κ2) is 8.55. The molecule has 3 aromatic rings. The van der Waals surface area contributed by atoms with Crippen molar-refractivity contribution in [3.05, 3.63) is 53.4 Å². The first-order chi connectivity index (χ1) is 13.2. The number of nitrogens with one attached hydrogen (secondary N) is 1. The van der Waals surface area contributed by atoms with Crippen molar-refractivity contribution in [2.24, 2.45) is 0 Å². The van der Waals surface area contributed by atoms with Gasteiger partial charge in [-0.25, -0.2) is 4.98 Å². The Morgan fingerprint density at radius 1 is 1.04 bits per heavy atom. The van der Waals surface area contributed by atoms with Gasteiger partial charge in [-0.1, -0.05) is 18.2 Å². The highest BCUT2D eigenvalue weighted by atomic mass is 32.1. The fourth-order valence-electron chi connectivity index (χ4n) is 2.65. The summed E-state index contributed by atoms with van der Waals surface area (Å²) in [4.78, 5) is 17.3. The second-order valence-corrected chi connectivity index (χ2v) is 6.32. The van der Waals surface area contributed by atoms with Crippen LogP contribution >= 0.6 is 11.3 Å². The van der Waals surface area contributed by atoms with Gasteiger partial charge in [0.15, 0.2) is 5.13 Å². The molecule has 0 radical (unpaired) electrons. The topological polar surface area (TPSA) is 69.7 Å². The molecule has 0 unspecified atom stereocenters. The summed E-state index contributed by atoms with van der Waals surface area (Å²) < 4.78 is 16.2. The van der Waals surface area contributed by atoms with Crippen molar-refractivity contribution in [3.63, 3.8) is 0 Å². The van der Waals surface area contributed by atoms with Crippen LogP contribution in [-0.2, 0) is 0 Å². The van der Waals surface area contributed by atoms with Crippen LogP contribution in [0.5, 0.6) is 17.2 Å². The van der Waals surface area contributed by atoms with Crippen LogP contribution in [0.2, 0.25) is 0 Å². The molecule has 0 bridgehead atoms. The van der Waals surface area contributed by atoms with Crippen LogP contribution in [-0.4, -0.2) is 31.7 Å². The maximum Gasteiger partial charge on any atom is 0.265 e. The molecule has 0 atom stereocenters. The van der Waals surface area contributed by atoms with Crippen LogP contribution in [0.25, 0.3) is 11.3 Å². The summed E-state index contributed by atoms with van der Waals surface area (Å²) in [6.45, 7) is 2.50. The highest BCUT2D eigenvalue weighted by molar-refractivity contribution is 7.14. The van der Waals surface area contributed by atoms with Crippen molar-refractivity contribution in [1.82, 2.24) is 4.98 Å². The number of anilines is 1. The van der Waals surface area contributed by atoms with Crippen molar-refractivity contribution in [3.8, 4) is 28.5 Å². The number of carbonyl (C=O) groups is 1. The zero-order valence-corrected chi connectivity index (χ0v) is 16.1. The van der Waals surface area contributed by atoms with E-state index in [2.05, 4.69) is 10.3 Å². The molecule has 0 saturated heterocycles. The predicted octanol–water partition coefficient (Wildman–Crippen LogP) is 4.48. The van der Waals surface area contributed by atoms with Gasteiger partial charge >= 0.3 is 0 Å². The lowest BCUT2D eigenvalue weighted by molar-refractivity contribution is 0.102. The maximum absolute atomic E-state index is 12.8. The van der Waals surface area contributed by atoms with Gasteiger partial charge in [0.2, 0.25) is 0 Å². The van der Waals surface area contributed by atoms with Crippen molar-refractivity contribution in [1.29, 1.82) is 0 Å². The van der Waals surface area contributed by atoms with Crippen LogP contribution in [0, 0.1) is 0 Å². The minimum Gasteiger partial charge on any atom is -0.496 e. The molecular weight excluding hydrogens is 364 g/mol. The highest BCUT2D eigenvalue weighted by Crippen LogP contribution is 2.33. The third-order valence-electron chi connectivity index (χ3n) is 3.84. The molecule has 27 heavy (non-hydrogen) atoms. The van der Waals surface area contributed by atoms with E-state index in [0.717, 1.165) is 17.0 Å². The standard InChI is InChI=1S/C20H20N2O4S/c1-4-26-15-9-6-5-8-13(15)14-12-27-20(21-14)22-19(23)18-16(24-2)10-7-11-17(18)25-3/h5-12H,4H2,1-3H3,(H,21,22,23). The molecule has 2 aromatic carbocycles. The first-order valence-electron chi connectivity index (χ1n) is 8.38. The van der Waals surface area contributed by atoms with Gasteiger partial charge in [0.1, 0.15) is 22.8 Å². The number of rotatable bonds is 7. The number of thiazole rings is 1. The molecule has 1 aromatic heterocycles. The van der Waals surface area contributed by atoms with Gasteiger partial charge in [-0.15, -0.1) is 11.3 Å². The number of ether oxygens (including phenoxy) is 3. The Labute approximate surface area is 161 Å². The van der Waals surface area contributed by atoms with E-state index in [1.165, 1.54) is 25.6 Å². The van der Waals surface area contributed by atoms with Crippen LogP contribution in [0.3, 0.4) is 0 Å². The molecule has 7 heteroatoms. The van der Waals surface area contributed by atoms with Crippen LogP contribution in [0.4, 0.5) is 5.13 Å². The normalized spacial score (nSPS) is 10.3. The predicted molar refractivity (Wildman–Crippen MR) is 106 cm³/mol. The fourth-order valence-corrected chi connectivity index (χ4v) is 3.35. The summed E-state index contributed by atoms with van der Waals surface area (Å²) in [5.74, 6) is 1.29. The average molecular weight is 384 g/mol. The number of para-hydroxylation sites is 1. The number of carbonyl (C=O) groups excluding carboxylic acids is 1. The quantitative estimate of drug-likeness (QED) is 0.650. The SMILES string of the molecule is CCOc1ccccc1-c1csc(NC(=O)c2c(OC)cccc2OC)n1. The Morgan fingerprint density at radius 2 is 1.70 bits per heavy atom. The smallest absolute Gasteiger partial charge is 0.265 e. The van der Waals surface area contributed by atoms with E-state index in [-0.39, 0.29) is 5.91 Å². The van der Waals surface area contributed by atoms with Crippen molar-refractivity contribution >= 4 is 22.4 Å². The van der Waals surface area contributed by atoms with E-state index in [1.807, 2.05) is 36.6 Å². The Kier molecular flexibility index (Phi) is 5.93. The van der Waals surface area contributed by atoms with Gasteiger partial charge in [-0.2, -0.15) is 0 Å². The monoisotopic (exact) mass is 384 g/mol. The summed E-state index contributed by atoms with van der Waals surface area (Å²) >= 11 is 1.34. The molecule has 1 heterocycles. The van der Waals surface area contributed by atoms with Gasteiger partial charge in [0.25, 0.3) is 5.91 Å². The molecular formula is C20H20N2O4S. The van der Waals surface area contributed by atoms with Gasteiger partial charge in [-0.05, 0) is 31.2 Å². The average Bonchev–Trinajstić information content (AvgIpc) is 3.16. The molecule has 1 N–H and O–H groups in total. The van der Waals surface area contributed by atoms with Gasteiger partial charge in [0, 0.05) is 10.9 Å². The number of benzene rings is 2. The number of aromatic nitrogens is 1. The molecule has 6 nitrogen and oxygen atoms in total. The number of hydrogen-bond donors (Lipinski definition) is 1. The van der Waals surface area contributed by atoms with E-state index in [9.17, 15) is 4.79 Å². The minimum absolute atomic E-state index is 0.328. The Morgan fingerprint density at radius 3 is 2.37 bits per heavy atom. The van der Waals surface area contributed by atoms with E-state index >= 15 is 0 Å². The molecule has 0 saturated carbocycles. The van der Waals surface area contributed by atoms with Crippen LogP contribution < -0.4 is 19.5 Å². The summed E-state index contributed by atoms with van der Waals surface area (Å²) in [5, 5.41) is 5.18. The molecule has 0 fully saturated rings. The molecule has 0 aliphatic heterocycles. The van der Waals surface area contributed by atoms with E-state index in [0.29, 0.717) is 28.8 Å². The lowest BCUT2D eigenvalue weighted by Gasteiger charge is -2.12. The Hall–Kier alpha value is -3.06. The number of nitrogens with zero attached hydrogens (tertiary/aromatic N) is 1. The molecule has 3 rings (SSSR count). The fraction of sp³-hybridized carbons (Fsp3) is 0.200. The van der Waals surface area contributed by atoms with E-state index < -0.39 is 0 Å². The summed E-state index contributed by atoms with van der Waals surface area (Å²) in [6, 6.07) is 12.9. The lowest BCUT2D eigenvalue weighted by Crippen LogP contribution is -2.14. The van der Waals surface area contributed by atoms with Gasteiger partial charge < -0.3 is 14.2 Å². The van der Waals surface area contributed by atoms with Crippen molar-refractivity contribution in [2.45, 2.75) is 6.92 Å². The first kappa shape index (κ1) is 18.7. The van der Waals surface area contributed by atoms with Crippen molar-refractivity contribution in [2.75, 3.05) is 26.1 Å². The molecule has 140 valence electrons. The zero-order chi connectivity index (χ0) is 19.2. The molecule has 0 aliphatic rings. The second-order valence-electron chi connectivity index (χ2n) is 5.46. The van der Waals surface area contributed by atoms with Crippen LogP contribution in [0.15, 0.2) is 47.8 Å². The van der Waals surface area contributed by atoms with E-state index in [4.69, 9.17) is 14.2 Å². The van der Waals surface area contributed by atoms with Crippen LogP contribution in [0.1, 0.15) is 17.3 Å². The minimum atomic E-state index is -0.344. The number of methoxy groups -OCH3 is 2. The Bertz CT molecular complexity index is 917. The highest BCUT2D eigenvalue weighted by Gasteiger charge is 2.20. The third-order valence-corrected chi connectivity index (χ3v) is 4.60. The third kappa shape index (κ3) is 4.03. The largest absolute Gasteiger partial charge is 0.496 e. The summed E-state index contributed by atoms with van der Waals surface area (Å²) in [6.07, 6.45) is 0. The van der Waals surface area contributed by atoms with Gasteiger partial charge in [0.05, 0.1) is 26.5 Å². The number of amides is 1. The summed E-state index contributed by atoms with van der Waals surface area (Å²) in [7, 11) is 3.02. The maximum atomic E-state index is 12.8.